The Morgan fingerprint density at radius 3 is 2.71 bits per heavy atom. The van der Waals surface area contributed by atoms with Crippen molar-refractivity contribution in [3.63, 3.8) is 0 Å². The summed E-state index contributed by atoms with van der Waals surface area (Å²) in [6.45, 7) is 2.05. The van der Waals surface area contributed by atoms with Crippen molar-refractivity contribution in [3.05, 3.63) is 34.3 Å². The van der Waals surface area contributed by atoms with Gasteiger partial charge in [-0.2, -0.15) is 0 Å². The second-order valence-electron chi connectivity index (χ2n) is 3.16. The van der Waals surface area contributed by atoms with Crippen LogP contribution in [-0.2, 0) is 17.6 Å². The maximum absolute atomic E-state index is 10.4. The number of halogens is 1. The van der Waals surface area contributed by atoms with Crippen molar-refractivity contribution >= 4 is 17.6 Å². The van der Waals surface area contributed by atoms with Crippen LogP contribution in [0.4, 0.5) is 0 Å². The van der Waals surface area contributed by atoms with Crippen molar-refractivity contribution in [2.45, 2.75) is 26.2 Å². The first-order valence-electron chi connectivity index (χ1n) is 4.62. The van der Waals surface area contributed by atoms with E-state index in [-0.39, 0.29) is 6.42 Å². The second-order valence-corrected chi connectivity index (χ2v) is 3.60. The van der Waals surface area contributed by atoms with Gasteiger partial charge in [0.15, 0.2) is 0 Å². The monoisotopic (exact) mass is 212 g/mol. The largest absolute Gasteiger partial charge is 0.481 e. The average Bonchev–Trinajstić information content (AvgIpc) is 2.15. The van der Waals surface area contributed by atoms with Crippen molar-refractivity contribution < 1.29 is 9.90 Å². The molecule has 14 heavy (non-hydrogen) atoms. The molecule has 0 aliphatic heterocycles. The van der Waals surface area contributed by atoms with Gasteiger partial charge in [0.25, 0.3) is 0 Å². The van der Waals surface area contributed by atoms with E-state index in [0.29, 0.717) is 11.4 Å². The molecule has 0 radical (unpaired) electrons. The zero-order valence-electron chi connectivity index (χ0n) is 8.09. The van der Waals surface area contributed by atoms with Crippen molar-refractivity contribution in [3.8, 4) is 0 Å². The molecule has 3 heteroatoms. The zero-order chi connectivity index (χ0) is 10.6. The van der Waals surface area contributed by atoms with Crippen molar-refractivity contribution in [1.29, 1.82) is 0 Å². The molecule has 0 amide bonds. The third-order valence-corrected chi connectivity index (χ3v) is 2.39. The molecule has 0 saturated carbocycles. The van der Waals surface area contributed by atoms with E-state index in [1.54, 1.807) is 0 Å². The number of carbonyl (C=O) groups is 1. The van der Waals surface area contributed by atoms with Gasteiger partial charge in [-0.1, -0.05) is 24.6 Å². The molecule has 1 N–H and O–H groups in total. The molecule has 0 unspecified atom stereocenters. The molecule has 0 spiro atoms. The Hall–Kier alpha value is -1.02. The van der Waals surface area contributed by atoms with E-state index in [2.05, 4.69) is 0 Å². The lowest BCUT2D eigenvalue weighted by Gasteiger charge is -2.06. The van der Waals surface area contributed by atoms with Crippen LogP contribution in [0.25, 0.3) is 0 Å². The Balaban J connectivity index is 2.82. The standard InChI is InChI=1S/C11H13ClO2/c1-2-8-3-5-10(12)7-9(8)4-6-11(13)14/h3,5,7H,2,4,6H2,1H3,(H,13,14). The van der Waals surface area contributed by atoms with Crippen molar-refractivity contribution in [2.75, 3.05) is 0 Å². The maximum Gasteiger partial charge on any atom is 0.303 e. The van der Waals surface area contributed by atoms with Gasteiger partial charge in [0.1, 0.15) is 0 Å². The lowest BCUT2D eigenvalue weighted by atomic mass is 10.0. The lowest BCUT2D eigenvalue weighted by Crippen LogP contribution is -2.00. The van der Waals surface area contributed by atoms with Gasteiger partial charge in [0, 0.05) is 11.4 Å². The van der Waals surface area contributed by atoms with Crippen LogP contribution in [0, 0.1) is 0 Å². The fourth-order valence-electron chi connectivity index (χ4n) is 1.41. The summed E-state index contributed by atoms with van der Waals surface area (Å²) in [4.78, 5) is 10.4. The summed E-state index contributed by atoms with van der Waals surface area (Å²) in [6.07, 6.45) is 1.62. The molecule has 0 atom stereocenters. The first kappa shape index (κ1) is 11.1. The number of rotatable bonds is 4. The Morgan fingerprint density at radius 2 is 2.14 bits per heavy atom. The molecule has 0 aliphatic rings. The van der Waals surface area contributed by atoms with E-state index in [1.165, 1.54) is 5.56 Å². The van der Waals surface area contributed by atoms with Crippen LogP contribution in [-0.4, -0.2) is 11.1 Å². The molecule has 0 saturated heterocycles. The highest BCUT2D eigenvalue weighted by atomic mass is 35.5. The topological polar surface area (TPSA) is 37.3 Å². The Morgan fingerprint density at radius 1 is 1.43 bits per heavy atom. The van der Waals surface area contributed by atoms with Gasteiger partial charge in [-0.25, -0.2) is 0 Å². The Labute approximate surface area is 88.5 Å². The lowest BCUT2D eigenvalue weighted by molar-refractivity contribution is -0.136. The van der Waals surface area contributed by atoms with Crippen LogP contribution in [0.5, 0.6) is 0 Å². The zero-order valence-corrected chi connectivity index (χ0v) is 8.84. The number of aryl methyl sites for hydroxylation is 2. The summed E-state index contributed by atoms with van der Waals surface area (Å²) in [5.41, 5.74) is 2.22. The molecule has 0 bridgehead atoms. The van der Waals surface area contributed by atoms with Crippen LogP contribution in [0.15, 0.2) is 18.2 Å². The first-order valence-corrected chi connectivity index (χ1v) is 5.00. The van der Waals surface area contributed by atoms with Gasteiger partial charge in [-0.15, -0.1) is 0 Å². The quantitative estimate of drug-likeness (QED) is 0.833. The highest BCUT2D eigenvalue weighted by molar-refractivity contribution is 6.30. The summed E-state index contributed by atoms with van der Waals surface area (Å²) in [5, 5.41) is 9.24. The van der Waals surface area contributed by atoms with Crippen LogP contribution >= 0.6 is 11.6 Å². The fraction of sp³-hybridized carbons (Fsp3) is 0.364. The smallest absolute Gasteiger partial charge is 0.303 e. The average molecular weight is 213 g/mol. The minimum atomic E-state index is -0.771. The van der Waals surface area contributed by atoms with E-state index in [1.807, 2.05) is 25.1 Å². The van der Waals surface area contributed by atoms with E-state index < -0.39 is 5.97 Å². The van der Waals surface area contributed by atoms with E-state index in [9.17, 15) is 4.79 Å². The molecule has 1 aromatic carbocycles. The molecule has 0 fully saturated rings. The predicted octanol–water partition coefficient (Wildman–Crippen LogP) is 2.92. The molecule has 2 nitrogen and oxygen atoms in total. The molecule has 1 aromatic rings. The van der Waals surface area contributed by atoms with Crippen molar-refractivity contribution in [1.82, 2.24) is 0 Å². The number of hydrogen-bond acceptors (Lipinski definition) is 1. The summed E-state index contributed by atoms with van der Waals surface area (Å²) in [6, 6.07) is 5.65. The highest BCUT2D eigenvalue weighted by Gasteiger charge is 2.04. The van der Waals surface area contributed by atoms with Crippen molar-refractivity contribution in [2.24, 2.45) is 0 Å². The molecule has 0 aliphatic carbocycles. The number of hydrogen-bond donors (Lipinski definition) is 1. The minimum Gasteiger partial charge on any atom is -0.481 e. The SMILES string of the molecule is CCc1ccc(Cl)cc1CCC(=O)O. The minimum absolute atomic E-state index is 0.160. The van der Waals surface area contributed by atoms with Gasteiger partial charge in [0.05, 0.1) is 0 Å². The fourth-order valence-corrected chi connectivity index (χ4v) is 1.61. The molecule has 1 rings (SSSR count). The first-order chi connectivity index (χ1) is 6.63. The summed E-state index contributed by atoms with van der Waals surface area (Å²) in [5.74, 6) is -0.771. The van der Waals surface area contributed by atoms with Gasteiger partial charge in [0.2, 0.25) is 0 Å². The second kappa shape index (κ2) is 5.01. The van der Waals surface area contributed by atoms with Crippen LogP contribution in [0.1, 0.15) is 24.5 Å². The molecule has 0 heterocycles. The number of carboxylic acid groups (broad SMARTS) is 1. The van der Waals surface area contributed by atoms with E-state index in [4.69, 9.17) is 16.7 Å². The number of carboxylic acids is 1. The summed E-state index contributed by atoms with van der Waals surface area (Å²) >= 11 is 5.84. The normalized spacial score (nSPS) is 10.1. The Kier molecular flexibility index (Phi) is 3.96. The molecular weight excluding hydrogens is 200 g/mol. The molecular formula is C11H13ClO2. The molecule has 0 aromatic heterocycles. The molecule has 76 valence electrons. The van der Waals surface area contributed by atoms with Crippen LogP contribution < -0.4 is 0 Å². The van der Waals surface area contributed by atoms with Gasteiger partial charge in [-0.05, 0) is 36.1 Å². The highest BCUT2D eigenvalue weighted by Crippen LogP contribution is 2.18. The predicted molar refractivity (Wildman–Crippen MR) is 56.8 cm³/mol. The number of benzene rings is 1. The van der Waals surface area contributed by atoms with Gasteiger partial charge >= 0.3 is 5.97 Å². The number of aliphatic carboxylic acids is 1. The third kappa shape index (κ3) is 3.04. The van der Waals surface area contributed by atoms with Gasteiger partial charge < -0.3 is 5.11 Å². The van der Waals surface area contributed by atoms with E-state index in [0.717, 1.165) is 12.0 Å². The van der Waals surface area contributed by atoms with Crippen LogP contribution in [0.2, 0.25) is 5.02 Å². The summed E-state index contributed by atoms with van der Waals surface area (Å²) in [7, 11) is 0. The maximum atomic E-state index is 10.4. The summed E-state index contributed by atoms with van der Waals surface area (Å²) < 4.78 is 0. The van der Waals surface area contributed by atoms with Gasteiger partial charge in [-0.3, -0.25) is 4.79 Å². The third-order valence-electron chi connectivity index (χ3n) is 2.16. The Bertz CT molecular complexity index is 334. The van der Waals surface area contributed by atoms with E-state index >= 15 is 0 Å². The van der Waals surface area contributed by atoms with Crippen LogP contribution in [0.3, 0.4) is 0 Å².